The zero-order valence-corrected chi connectivity index (χ0v) is 41.0. The quantitative estimate of drug-likeness (QED) is 0.0848. The van der Waals surface area contributed by atoms with E-state index >= 15 is 0 Å². The molecule has 0 saturated heterocycles. The number of benzene rings is 4. The van der Waals surface area contributed by atoms with E-state index in [0.29, 0.717) is 0 Å². The van der Waals surface area contributed by atoms with Crippen molar-refractivity contribution in [1.82, 2.24) is 0 Å². The van der Waals surface area contributed by atoms with Crippen LogP contribution in [0.4, 0.5) is 0 Å². The van der Waals surface area contributed by atoms with Crippen LogP contribution >= 0.6 is 0 Å². The van der Waals surface area contributed by atoms with E-state index in [1.807, 2.05) is 0 Å². The molecule has 0 unspecified atom stereocenters. The largest absolute Gasteiger partial charge is 1.00 e. The van der Waals surface area contributed by atoms with Crippen LogP contribution in [0.2, 0.25) is 12.6 Å². The molecular formula is C54H68Cl2SiZr-2. The summed E-state index contributed by atoms with van der Waals surface area (Å²) in [6.45, 7) is 9.14. The van der Waals surface area contributed by atoms with E-state index in [9.17, 15) is 0 Å². The first-order valence-electron chi connectivity index (χ1n) is 22.5. The second kappa shape index (κ2) is 25.5. The molecule has 4 heteroatoms. The Morgan fingerprint density at radius 3 is 1.26 bits per heavy atom. The molecule has 2 aliphatic rings. The van der Waals surface area contributed by atoms with Crippen molar-refractivity contribution < 1.29 is 48.1 Å². The summed E-state index contributed by atoms with van der Waals surface area (Å²) in [5.41, 5.74) is 11.6. The second-order valence-electron chi connectivity index (χ2n) is 17.2. The van der Waals surface area contributed by atoms with Crippen LogP contribution < -0.4 is 24.8 Å². The minimum absolute atomic E-state index is 0. The van der Waals surface area contributed by atoms with Gasteiger partial charge in [0.25, 0.3) is 0 Å². The van der Waals surface area contributed by atoms with Crippen LogP contribution in [0.1, 0.15) is 126 Å². The molecule has 0 radical (unpaired) electrons. The maximum absolute atomic E-state index is 2.46. The van der Waals surface area contributed by atoms with Gasteiger partial charge in [-0.05, 0) is 59.8 Å². The first-order valence-corrected chi connectivity index (χ1v) is 28.4. The van der Waals surface area contributed by atoms with Gasteiger partial charge in [-0.1, -0.05) is 163 Å². The molecule has 0 spiro atoms. The number of aryl methyl sites for hydroxylation is 2. The van der Waals surface area contributed by atoms with Gasteiger partial charge in [0.2, 0.25) is 0 Å². The molecule has 0 atom stereocenters. The van der Waals surface area contributed by atoms with Gasteiger partial charge in [0, 0.05) is 0 Å². The fraction of sp³-hybridized carbons (Fsp3) is 0.444. The van der Waals surface area contributed by atoms with E-state index in [4.69, 9.17) is 0 Å². The molecule has 0 heterocycles. The van der Waals surface area contributed by atoms with Gasteiger partial charge in [-0.3, -0.25) is 0 Å². The minimum Gasteiger partial charge on any atom is -1.00 e. The smallest absolute Gasteiger partial charge is 0.0279 e. The number of hydrogen-bond donors (Lipinski definition) is 0. The summed E-state index contributed by atoms with van der Waals surface area (Å²) >= 11 is 1.79. The van der Waals surface area contributed by atoms with Gasteiger partial charge < -0.3 is 24.8 Å². The Hall–Kier alpha value is -2.22. The first-order chi connectivity index (χ1) is 27.4. The number of hydrogen-bond acceptors (Lipinski definition) is 0. The standard InChI is InChI=1S/2C25H29.C4H10Si.2ClH.Zr/c2*1-2-7-19-12-14-22(15-13-19)24-11-6-10-23-17-21(18-25(23)24)16-20-8-4-3-5-9-20;1-3-4-5-2;;;/h2*6,10-15,17-18,20H,2-5,7-9,16H2,1H3;3-4H2,1-2H3;2*1H;/q2*-1;;;;+2/p-2. The van der Waals surface area contributed by atoms with Gasteiger partial charge >= 0.3 is 54.7 Å². The van der Waals surface area contributed by atoms with Crippen molar-refractivity contribution in [1.29, 1.82) is 0 Å². The van der Waals surface area contributed by atoms with Crippen molar-refractivity contribution >= 4 is 27.0 Å². The Kier molecular flexibility index (Phi) is 21.3. The van der Waals surface area contributed by atoms with Crippen molar-refractivity contribution in [3.05, 3.63) is 131 Å². The first kappa shape index (κ1) is 48.4. The summed E-state index contributed by atoms with van der Waals surface area (Å²) in [6, 6.07) is 43.2. The average Bonchev–Trinajstić information content (AvgIpc) is 3.83. The molecule has 8 rings (SSSR count). The van der Waals surface area contributed by atoms with Gasteiger partial charge in [-0.2, -0.15) is 12.1 Å². The summed E-state index contributed by atoms with van der Waals surface area (Å²) in [4.78, 5) is 0. The SMILES string of the molecule is CCC[Si](C)=[Zr+2].CCCc1ccc(-c2cccc3[cH-]c(CC4CCCCC4)cc23)cc1.CCCc1ccc(-c2cccc3[cH-]c(CC4CCCCC4)cc23)cc1.[Cl-].[Cl-]. The molecule has 6 aromatic carbocycles. The van der Waals surface area contributed by atoms with Crippen LogP contribution in [0.25, 0.3) is 43.8 Å². The van der Waals surface area contributed by atoms with Crippen LogP contribution in [0, 0.1) is 11.8 Å². The van der Waals surface area contributed by atoms with Gasteiger partial charge in [0.15, 0.2) is 0 Å². The van der Waals surface area contributed by atoms with Crippen molar-refractivity contribution in [2.24, 2.45) is 11.8 Å². The minimum atomic E-state index is 0. The zero-order valence-electron chi connectivity index (χ0n) is 36.0. The Morgan fingerprint density at radius 2 is 0.931 bits per heavy atom. The third-order valence-electron chi connectivity index (χ3n) is 12.4. The van der Waals surface area contributed by atoms with Gasteiger partial charge in [-0.25, -0.2) is 0 Å². The van der Waals surface area contributed by atoms with Crippen LogP contribution in [0.15, 0.2) is 109 Å². The monoisotopic (exact) mass is 904 g/mol. The normalized spacial score (nSPS) is 14.4. The van der Waals surface area contributed by atoms with Crippen molar-refractivity contribution in [2.45, 2.75) is 143 Å². The maximum atomic E-state index is 2.46. The summed E-state index contributed by atoms with van der Waals surface area (Å²) in [7, 11) is 0. The molecule has 0 aliphatic heterocycles. The van der Waals surface area contributed by atoms with E-state index in [1.165, 1.54) is 181 Å². The van der Waals surface area contributed by atoms with E-state index in [1.54, 1.807) is 23.3 Å². The third-order valence-corrected chi connectivity index (χ3v) is 15.4. The Morgan fingerprint density at radius 1 is 0.534 bits per heavy atom. The molecule has 308 valence electrons. The van der Waals surface area contributed by atoms with E-state index in [2.05, 4.69) is 137 Å². The summed E-state index contributed by atoms with van der Waals surface area (Å²) in [5, 5.41) is 5.66. The van der Waals surface area contributed by atoms with Crippen molar-refractivity contribution in [3.63, 3.8) is 0 Å². The molecule has 58 heavy (non-hydrogen) atoms. The van der Waals surface area contributed by atoms with Gasteiger partial charge in [-0.15, -0.1) is 69.1 Å². The zero-order chi connectivity index (χ0) is 39.1. The molecule has 0 nitrogen and oxygen atoms in total. The topological polar surface area (TPSA) is 0 Å². The molecular weight excluding hydrogens is 839 g/mol. The summed E-state index contributed by atoms with van der Waals surface area (Å²) in [6.07, 6.45) is 23.0. The fourth-order valence-electron chi connectivity index (χ4n) is 9.44. The molecule has 0 N–H and O–H groups in total. The molecule has 0 bridgehead atoms. The van der Waals surface area contributed by atoms with E-state index in [-0.39, 0.29) is 30.2 Å². The molecule has 2 saturated carbocycles. The molecule has 0 aromatic heterocycles. The fourth-order valence-corrected chi connectivity index (χ4v) is 12.0. The molecule has 2 aliphatic carbocycles. The Bertz CT molecular complexity index is 1930. The summed E-state index contributed by atoms with van der Waals surface area (Å²) in [5.74, 6) is 1.81. The van der Waals surface area contributed by atoms with Crippen LogP contribution in [0.5, 0.6) is 0 Å². The maximum Gasteiger partial charge on any atom is -0.0279 e. The molecule has 6 aromatic rings. The van der Waals surface area contributed by atoms with Crippen LogP contribution in [0.3, 0.4) is 0 Å². The third kappa shape index (κ3) is 14.2. The number of fused-ring (bicyclic) bond motifs is 2. The average molecular weight is 907 g/mol. The van der Waals surface area contributed by atoms with Crippen molar-refractivity contribution in [3.8, 4) is 22.3 Å². The van der Waals surface area contributed by atoms with Crippen LogP contribution in [-0.2, 0) is 49.0 Å². The van der Waals surface area contributed by atoms with Gasteiger partial charge in [0.05, 0.1) is 0 Å². The van der Waals surface area contributed by atoms with E-state index in [0.717, 1.165) is 11.8 Å². The molecule has 2 fully saturated rings. The van der Waals surface area contributed by atoms with Crippen LogP contribution in [-0.4, -0.2) is 5.43 Å². The second-order valence-corrected chi connectivity index (χ2v) is 25.5. The Balaban J connectivity index is 0.000000219. The summed E-state index contributed by atoms with van der Waals surface area (Å²) < 4.78 is 0. The predicted molar refractivity (Wildman–Crippen MR) is 245 cm³/mol. The van der Waals surface area contributed by atoms with Gasteiger partial charge in [0.1, 0.15) is 0 Å². The van der Waals surface area contributed by atoms with Crippen molar-refractivity contribution in [2.75, 3.05) is 0 Å². The Labute approximate surface area is 380 Å². The molecule has 0 amide bonds. The number of halogens is 2. The predicted octanol–water partition coefficient (Wildman–Crippen LogP) is 10.2. The van der Waals surface area contributed by atoms with E-state index < -0.39 is 0 Å². The number of rotatable bonds is 12.